The van der Waals surface area contributed by atoms with Crippen LogP contribution in [-0.2, 0) is 13.1 Å². The fourth-order valence-corrected chi connectivity index (χ4v) is 3.97. The number of nitrogens with zero attached hydrogens (tertiary/aromatic N) is 2. The molecule has 1 atom stereocenters. The standard InChI is InChI=1S/C21H23BN2/c1-14-7-16(3)20-18(9-14)11-23-5-6-24(13-23)12-19-10-15(2)8-17(4)21(19)22-20/h5-10,13H,11-12H2,1-4H3/q+1. The molecule has 0 amide bonds. The van der Waals surface area contributed by atoms with Crippen LogP contribution < -0.4 is 15.8 Å². The topological polar surface area (TPSA) is 8.91 Å². The molecule has 0 saturated heterocycles. The third-order valence-electron chi connectivity index (χ3n) is 4.97. The Kier molecular flexibility index (Phi) is 3.69. The number of rotatable bonds is 0. The molecule has 4 rings (SSSR count). The zero-order valence-electron chi connectivity index (χ0n) is 14.9. The summed E-state index contributed by atoms with van der Waals surface area (Å²) in [6, 6.07) is 9.24. The molecule has 2 bridgehead atoms. The van der Waals surface area contributed by atoms with E-state index in [1.807, 2.05) is 0 Å². The number of hydrogen-bond donors (Lipinski definition) is 0. The Morgan fingerprint density at radius 3 is 1.96 bits per heavy atom. The van der Waals surface area contributed by atoms with Crippen LogP contribution in [-0.4, -0.2) is 18.2 Å². The first-order chi connectivity index (χ1) is 11.5. The molecule has 0 spiro atoms. The number of benzene rings is 2. The van der Waals surface area contributed by atoms with Crippen molar-refractivity contribution in [1.82, 2.24) is 4.90 Å². The molecule has 0 saturated carbocycles. The van der Waals surface area contributed by atoms with Gasteiger partial charge in [0.1, 0.15) is 0 Å². The summed E-state index contributed by atoms with van der Waals surface area (Å²) in [4.78, 5) is 2.28. The second-order valence-electron chi connectivity index (χ2n) is 7.21. The molecule has 2 nitrogen and oxygen atoms in total. The Labute approximate surface area is 145 Å². The summed E-state index contributed by atoms with van der Waals surface area (Å²) in [5.41, 5.74) is 10.9. The Balaban J connectivity index is 1.95. The van der Waals surface area contributed by atoms with E-state index in [9.17, 15) is 0 Å². The lowest BCUT2D eigenvalue weighted by molar-refractivity contribution is -0.467. The molecule has 0 aliphatic carbocycles. The molecule has 24 heavy (non-hydrogen) atoms. The Morgan fingerprint density at radius 2 is 1.33 bits per heavy atom. The summed E-state index contributed by atoms with van der Waals surface area (Å²) >= 11 is 0. The molecule has 2 aliphatic rings. The summed E-state index contributed by atoms with van der Waals surface area (Å²) < 4.78 is 2.28. The van der Waals surface area contributed by atoms with Gasteiger partial charge in [0.15, 0.2) is 13.1 Å². The van der Waals surface area contributed by atoms with Gasteiger partial charge in [0.25, 0.3) is 0 Å². The van der Waals surface area contributed by atoms with E-state index in [2.05, 4.69) is 87.5 Å². The Morgan fingerprint density at radius 1 is 0.750 bits per heavy atom. The minimum Gasteiger partial charge on any atom is -0.263 e. The average molecular weight is 314 g/mol. The third-order valence-corrected chi connectivity index (χ3v) is 4.97. The summed E-state index contributed by atoms with van der Waals surface area (Å²) in [6.07, 6.45) is 6.57. The van der Waals surface area contributed by atoms with Crippen molar-refractivity contribution in [2.45, 2.75) is 40.8 Å². The van der Waals surface area contributed by atoms with Crippen LogP contribution in [0.2, 0.25) is 0 Å². The van der Waals surface area contributed by atoms with E-state index in [1.54, 1.807) is 0 Å². The van der Waals surface area contributed by atoms with Crippen molar-refractivity contribution in [1.29, 1.82) is 0 Å². The first-order valence-corrected chi connectivity index (χ1v) is 8.59. The maximum absolute atomic E-state index is 2.40. The molecule has 2 aromatic rings. The molecule has 0 fully saturated rings. The van der Waals surface area contributed by atoms with Crippen LogP contribution in [0, 0.1) is 27.7 Å². The molecule has 0 aromatic heterocycles. The van der Waals surface area contributed by atoms with E-state index < -0.39 is 0 Å². The van der Waals surface area contributed by atoms with E-state index in [4.69, 9.17) is 0 Å². The van der Waals surface area contributed by atoms with Crippen molar-refractivity contribution in [3.8, 4) is 0 Å². The van der Waals surface area contributed by atoms with Gasteiger partial charge >= 0.3 is 6.34 Å². The van der Waals surface area contributed by atoms with Gasteiger partial charge in [-0.2, -0.15) is 0 Å². The molecule has 2 aromatic carbocycles. The molecular formula is C21H23BN2+. The van der Waals surface area contributed by atoms with Crippen LogP contribution in [0.25, 0.3) is 0 Å². The van der Waals surface area contributed by atoms with Crippen molar-refractivity contribution in [3.05, 3.63) is 70.0 Å². The Hall–Kier alpha value is -2.13. The van der Waals surface area contributed by atoms with E-state index in [0.29, 0.717) is 0 Å². The highest BCUT2D eigenvalue weighted by molar-refractivity contribution is 6.69. The highest BCUT2D eigenvalue weighted by atomic mass is 15.2. The normalized spacial score (nSPS) is 18.8. The Bertz CT molecular complexity index is 893. The summed E-state index contributed by atoms with van der Waals surface area (Å²) in [5, 5.41) is 0. The summed E-state index contributed by atoms with van der Waals surface area (Å²) in [7, 11) is 2.40. The van der Waals surface area contributed by atoms with Crippen molar-refractivity contribution >= 4 is 24.5 Å². The van der Waals surface area contributed by atoms with Crippen LogP contribution in [0.4, 0.5) is 0 Å². The number of aryl methyl sites for hydroxylation is 4. The van der Waals surface area contributed by atoms with Crippen LogP contribution in [0.1, 0.15) is 33.4 Å². The molecule has 2 aliphatic heterocycles. The van der Waals surface area contributed by atoms with Gasteiger partial charge in [-0.05, 0) is 43.7 Å². The van der Waals surface area contributed by atoms with Crippen molar-refractivity contribution in [2.75, 3.05) is 0 Å². The molecule has 1 unspecified atom stereocenters. The van der Waals surface area contributed by atoms with Crippen LogP contribution in [0.15, 0.2) is 36.7 Å². The molecule has 119 valence electrons. The fourth-order valence-electron chi connectivity index (χ4n) is 3.97. The number of hydrogen-bond acceptors (Lipinski definition) is 1. The lowest BCUT2D eigenvalue weighted by Crippen LogP contribution is -2.39. The van der Waals surface area contributed by atoms with Gasteiger partial charge in [0, 0.05) is 0 Å². The van der Waals surface area contributed by atoms with Gasteiger partial charge in [-0.1, -0.05) is 46.5 Å². The van der Waals surface area contributed by atoms with E-state index >= 15 is 0 Å². The van der Waals surface area contributed by atoms with Gasteiger partial charge in [-0.3, -0.25) is 18.2 Å². The third kappa shape index (κ3) is 2.74. The lowest BCUT2D eigenvalue weighted by Gasteiger charge is -2.29. The molecule has 3 radical (unpaired) electrons. The second-order valence-corrected chi connectivity index (χ2v) is 7.21. The quantitative estimate of drug-likeness (QED) is 0.521. The van der Waals surface area contributed by atoms with E-state index in [1.165, 1.54) is 44.3 Å². The van der Waals surface area contributed by atoms with Gasteiger partial charge in [0.05, 0.1) is 0 Å². The fraction of sp³-hybridized carbons (Fsp3) is 0.286. The van der Waals surface area contributed by atoms with Gasteiger partial charge in [-0.25, -0.2) is 0 Å². The molecule has 2 heterocycles. The predicted molar refractivity (Wildman–Crippen MR) is 102 cm³/mol. The smallest absolute Gasteiger partial charge is 0.263 e. The van der Waals surface area contributed by atoms with Crippen LogP contribution in [0.3, 0.4) is 0 Å². The zero-order valence-corrected chi connectivity index (χ0v) is 14.9. The van der Waals surface area contributed by atoms with Crippen LogP contribution in [0.5, 0.6) is 0 Å². The minimum absolute atomic E-state index is 0.918. The maximum atomic E-state index is 2.40. The molecule has 0 N–H and O–H groups in total. The van der Waals surface area contributed by atoms with Gasteiger partial charge < -0.3 is 0 Å². The largest absolute Gasteiger partial charge is 0.386 e. The van der Waals surface area contributed by atoms with Crippen molar-refractivity contribution in [2.24, 2.45) is 0 Å². The average Bonchev–Trinajstić information content (AvgIpc) is 2.90. The minimum atomic E-state index is 0.918. The second kappa shape index (κ2) is 5.75. The van der Waals surface area contributed by atoms with Gasteiger partial charge in [-0.15, -0.1) is 4.58 Å². The van der Waals surface area contributed by atoms with Crippen molar-refractivity contribution < 1.29 is 4.58 Å². The van der Waals surface area contributed by atoms with Gasteiger partial charge in [0.2, 0.25) is 12.4 Å². The van der Waals surface area contributed by atoms with E-state index in [-0.39, 0.29) is 0 Å². The lowest BCUT2D eigenvalue weighted by atomic mass is 9.58. The maximum Gasteiger partial charge on any atom is 0.386 e. The highest BCUT2D eigenvalue weighted by Crippen LogP contribution is 2.14. The molecule has 3 heteroatoms. The highest BCUT2D eigenvalue weighted by Gasteiger charge is 2.25. The predicted octanol–water partition coefficient (Wildman–Crippen LogP) is 2.25. The summed E-state index contributed by atoms with van der Waals surface area (Å²) in [6.45, 7) is 10.7. The first-order valence-electron chi connectivity index (χ1n) is 8.59. The van der Waals surface area contributed by atoms with Crippen molar-refractivity contribution in [3.63, 3.8) is 0 Å². The number of fused-ring (bicyclic) bond motifs is 3. The summed E-state index contributed by atoms with van der Waals surface area (Å²) in [5.74, 6) is 0. The monoisotopic (exact) mass is 314 g/mol. The molecular weight excluding hydrogens is 291 g/mol. The van der Waals surface area contributed by atoms with E-state index in [0.717, 1.165) is 13.1 Å². The zero-order chi connectivity index (χ0) is 16.8. The first kappa shape index (κ1) is 15.4. The SMILES string of the molecule is Cc1cc(C)c2c(c1)C[N+]1C=C[N+](=C1)Cc1cc(C)cc(C)c1[B-]2. The van der Waals surface area contributed by atoms with Crippen LogP contribution >= 0.6 is 0 Å².